The van der Waals surface area contributed by atoms with Gasteiger partial charge in [-0.3, -0.25) is 9.20 Å². The number of aryl methyl sites for hydroxylation is 1. The van der Waals surface area contributed by atoms with E-state index in [0.717, 1.165) is 4.40 Å². The van der Waals surface area contributed by atoms with Crippen molar-refractivity contribution >= 4 is 11.6 Å². The summed E-state index contributed by atoms with van der Waals surface area (Å²) in [6.07, 6.45) is -6.17. The molecule has 0 radical (unpaired) electrons. The van der Waals surface area contributed by atoms with Crippen molar-refractivity contribution < 1.29 is 31.1 Å². The van der Waals surface area contributed by atoms with Crippen molar-refractivity contribution in [3.8, 4) is 11.3 Å². The van der Waals surface area contributed by atoms with Gasteiger partial charge in [0, 0.05) is 37.5 Å². The molecule has 0 bridgehead atoms. The number of pyridine rings is 1. The summed E-state index contributed by atoms with van der Waals surface area (Å²) in [5.41, 5.74) is -0.0339. The van der Waals surface area contributed by atoms with Gasteiger partial charge in [-0.1, -0.05) is 30.3 Å². The van der Waals surface area contributed by atoms with Gasteiger partial charge in [0.1, 0.15) is 17.2 Å². The first-order chi connectivity index (χ1) is 17.0. The van der Waals surface area contributed by atoms with Crippen LogP contribution in [0.5, 0.6) is 0 Å². The molecule has 4 aromatic rings. The highest BCUT2D eigenvalue weighted by atomic mass is 19.4. The van der Waals surface area contributed by atoms with Crippen LogP contribution in [0.2, 0.25) is 0 Å². The summed E-state index contributed by atoms with van der Waals surface area (Å²) in [5.74, 6) is -1.95. The Kier molecular flexibility index (Phi) is 5.76. The van der Waals surface area contributed by atoms with Crippen molar-refractivity contribution in [3.05, 3.63) is 77.6 Å². The van der Waals surface area contributed by atoms with Crippen molar-refractivity contribution in [2.24, 2.45) is 5.92 Å². The van der Waals surface area contributed by atoms with E-state index in [-0.39, 0.29) is 31.6 Å². The number of nitrogens with one attached hydrogen (secondary N) is 1. The molecule has 0 saturated carbocycles. The van der Waals surface area contributed by atoms with Gasteiger partial charge in [0.25, 0.3) is 5.91 Å². The first-order valence-corrected chi connectivity index (χ1v) is 11.1. The maximum Gasteiger partial charge on any atom is 0.435 e. The summed E-state index contributed by atoms with van der Waals surface area (Å²) in [5, 5.41) is 2.50. The normalized spacial score (nSPS) is 16.2. The number of aromatic nitrogens is 4. The first-order valence-electron chi connectivity index (χ1n) is 11.1. The lowest BCUT2D eigenvalue weighted by Crippen LogP contribution is -2.31. The number of benzene rings is 1. The second kappa shape index (κ2) is 8.68. The lowest BCUT2D eigenvalue weighted by atomic mass is 9.97. The number of carbonyl (C=O) groups is 1. The highest BCUT2D eigenvalue weighted by molar-refractivity contribution is 5.95. The van der Waals surface area contributed by atoms with E-state index < -0.39 is 35.6 Å². The van der Waals surface area contributed by atoms with Crippen LogP contribution in [0, 0.1) is 5.92 Å². The van der Waals surface area contributed by atoms with E-state index in [1.807, 2.05) is 0 Å². The van der Waals surface area contributed by atoms with Crippen molar-refractivity contribution in [2.45, 2.75) is 38.3 Å². The van der Waals surface area contributed by atoms with E-state index >= 15 is 0 Å². The monoisotopic (exact) mass is 507 g/mol. The fourth-order valence-corrected chi connectivity index (χ4v) is 4.32. The van der Waals surface area contributed by atoms with Gasteiger partial charge < -0.3 is 9.88 Å². The standard InChI is InChI=1S/C24H19F6N5O/c25-23(26,27)16-8-10-34-13-17(32-19(34)11-16)15-6-4-14(5-7-15)12-31-22(36)20-21(24(28,29)30)33-18-3-1-2-9-35(18)20/h1-7,9,13,16H,8,10-12H2,(H,31,36). The maximum absolute atomic E-state index is 13.5. The Morgan fingerprint density at radius 2 is 1.78 bits per heavy atom. The fourth-order valence-electron chi connectivity index (χ4n) is 4.32. The van der Waals surface area contributed by atoms with Crippen LogP contribution in [-0.4, -0.2) is 31.0 Å². The Labute approximate surface area is 200 Å². The van der Waals surface area contributed by atoms with Gasteiger partial charge in [-0.05, 0) is 24.1 Å². The smallest absolute Gasteiger partial charge is 0.347 e. The van der Waals surface area contributed by atoms with E-state index in [1.54, 1.807) is 35.0 Å². The number of hydrogen-bond donors (Lipinski definition) is 1. The summed E-state index contributed by atoms with van der Waals surface area (Å²) in [6.45, 7) is 0.198. The quantitative estimate of drug-likeness (QED) is 0.383. The molecular formula is C24H19F6N5O. The molecule has 0 spiro atoms. The SMILES string of the molecule is O=C(NCc1ccc(-c2cn3c(n2)CC(C(F)(F)F)CC3)cc1)c1c(C(F)(F)F)nc2ccccn12. The van der Waals surface area contributed by atoms with Crippen LogP contribution in [0.4, 0.5) is 26.3 Å². The molecule has 1 N–H and O–H groups in total. The van der Waals surface area contributed by atoms with Gasteiger partial charge >= 0.3 is 12.4 Å². The molecule has 1 aliphatic rings. The molecule has 188 valence electrons. The van der Waals surface area contributed by atoms with Crippen LogP contribution in [0.3, 0.4) is 0 Å². The van der Waals surface area contributed by atoms with Gasteiger partial charge in [0.05, 0.1) is 11.6 Å². The molecule has 5 rings (SSSR count). The summed E-state index contributed by atoms with van der Waals surface area (Å²) >= 11 is 0. The molecule has 1 aromatic carbocycles. The maximum atomic E-state index is 13.5. The molecule has 6 nitrogen and oxygen atoms in total. The molecule has 12 heteroatoms. The zero-order valence-electron chi connectivity index (χ0n) is 18.6. The molecular weight excluding hydrogens is 488 g/mol. The van der Waals surface area contributed by atoms with Crippen LogP contribution in [0.25, 0.3) is 16.9 Å². The molecule has 1 unspecified atom stereocenters. The number of nitrogens with zero attached hydrogens (tertiary/aromatic N) is 4. The highest BCUT2D eigenvalue weighted by Crippen LogP contribution is 2.36. The summed E-state index contributed by atoms with van der Waals surface area (Å²) in [4.78, 5) is 20.6. The summed E-state index contributed by atoms with van der Waals surface area (Å²) in [7, 11) is 0. The second-order valence-electron chi connectivity index (χ2n) is 8.58. The lowest BCUT2D eigenvalue weighted by molar-refractivity contribution is -0.179. The minimum atomic E-state index is -4.80. The van der Waals surface area contributed by atoms with E-state index in [1.165, 1.54) is 24.4 Å². The predicted octanol–water partition coefficient (Wildman–Crippen LogP) is 5.27. The zero-order chi connectivity index (χ0) is 25.7. The third-order valence-corrected chi connectivity index (χ3v) is 6.19. The number of imidazole rings is 2. The van der Waals surface area contributed by atoms with Gasteiger partial charge in [0.15, 0.2) is 5.69 Å². The largest absolute Gasteiger partial charge is 0.435 e. The van der Waals surface area contributed by atoms with Crippen molar-refractivity contribution in [1.29, 1.82) is 0 Å². The predicted molar refractivity (Wildman–Crippen MR) is 117 cm³/mol. The third-order valence-electron chi connectivity index (χ3n) is 6.19. The Bertz CT molecular complexity index is 1420. The van der Waals surface area contributed by atoms with Gasteiger partial charge in [0.2, 0.25) is 0 Å². The molecule has 4 heterocycles. The van der Waals surface area contributed by atoms with Crippen molar-refractivity contribution in [1.82, 2.24) is 24.3 Å². The lowest BCUT2D eigenvalue weighted by Gasteiger charge is -2.25. The third kappa shape index (κ3) is 4.54. The van der Waals surface area contributed by atoms with Crippen LogP contribution in [-0.2, 0) is 25.7 Å². The average Bonchev–Trinajstić information content (AvgIpc) is 3.43. The number of fused-ring (bicyclic) bond motifs is 2. The molecule has 1 amide bonds. The number of hydrogen-bond acceptors (Lipinski definition) is 3. The molecule has 3 aromatic heterocycles. The minimum Gasteiger partial charge on any atom is -0.347 e. The Balaban J connectivity index is 1.30. The van der Waals surface area contributed by atoms with Crippen LogP contribution in [0.1, 0.15) is 34.0 Å². The first kappa shape index (κ1) is 23.9. The van der Waals surface area contributed by atoms with E-state index in [9.17, 15) is 31.1 Å². The fraction of sp³-hybridized carbons (Fsp3) is 0.292. The highest BCUT2D eigenvalue weighted by Gasteiger charge is 2.42. The van der Waals surface area contributed by atoms with Crippen LogP contribution >= 0.6 is 0 Å². The number of amides is 1. The molecule has 0 saturated heterocycles. The number of carbonyl (C=O) groups excluding carboxylic acids is 1. The van der Waals surface area contributed by atoms with E-state index in [0.29, 0.717) is 22.6 Å². The number of rotatable bonds is 4. The van der Waals surface area contributed by atoms with E-state index in [2.05, 4.69) is 15.3 Å². The topological polar surface area (TPSA) is 64.2 Å². The van der Waals surface area contributed by atoms with Gasteiger partial charge in [-0.25, -0.2) is 9.97 Å². The number of halogens is 6. The minimum absolute atomic E-state index is 0.00338. The molecule has 36 heavy (non-hydrogen) atoms. The summed E-state index contributed by atoms with van der Waals surface area (Å²) < 4.78 is 82.4. The van der Waals surface area contributed by atoms with Crippen molar-refractivity contribution in [3.63, 3.8) is 0 Å². The average molecular weight is 507 g/mol. The van der Waals surface area contributed by atoms with Crippen LogP contribution < -0.4 is 5.32 Å². The Morgan fingerprint density at radius 3 is 2.47 bits per heavy atom. The zero-order valence-corrected chi connectivity index (χ0v) is 18.6. The van der Waals surface area contributed by atoms with Crippen LogP contribution in [0.15, 0.2) is 54.9 Å². The molecule has 1 aliphatic heterocycles. The van der Waals surface area contributed by atoms with Gasteiger partial charge in [-0.2, -0.15) is 26.3 Å². The van der Waals surface area contributed by atoms with Crippen molar-refractivity contribution in [2.75, 3.05) is 0 Å². The Hall–Kier alpha value is -3.83. The number of alkyl halides is 6. The van der Waals surface area contributed by atoms with Gasteiger partial charge in [-0.15, -0.1) is 0 Å². The molecule has 0 fully saturated rings. The molecule has 1 atom stereocenters. The van der Waals surface area contributed by atoms with E-state index in [4.69, 9.17) is 0 Å². The Morgan fingerprint density at radius 1 is 1.03 bits per heavy atom. The second-order valence-corrected chi connectivity index (χ2v) is 8.58. The molecule has 0 aliphatic carbocycles. The summed E-state index contributed by atoms with van der Waals surface area (Å²) in [6, 6.07) is 11.1.